The van der Waals surface area contributed by atoms with E-state index in [9.17, 15) is 4.79 Å². The molecule has 3 rings (SSSR count). The summed E-state index contributed by atoms with van der Waals surface area (Å²) in [6.45, 7) is 3.64. The second kappa shape index (κ2) is 10.7. The molecule has 33 heavy (non-hydrogen) atoms. The average molecular weight is 473 g/mol. The van der Waals surface area contributed by atoms with E-state index in [1.54, 1.807) is 43.3 Å². The molecule has 2 aromatic carbocycles. The van der Waals surface area contributed by atoms with Gasteiger partial charge < -0.3 is 19.6 Å². The largest absolute Gasteiger partial charge is 0.436 e. The number of nitrogens with zero attached hydrogens (tertiary/aromatic N) is 3. The molecule has 0 bridgehead atoms. The number of likely N-dealkylation sites (N-methyl/N-ethyl adjacent to an activating group) is 1. The number of oxime groups is 1. The van der Waals surface area contributed by atoms with Gasteiger partial charge in [-0.15, -0.1) is 0 Å². The summed E-state index contributed by atoms with van der Waals surface area (Å²) in [6.07, 6.45) is 1.65. The van der Waals surface area contributed by atoms with E-state index in [4.69, 9.17) is 25.9 Å². The Kier molecular flexibility index (Phi) is 7.78. The highest BCUT2D eigenvalue weighted by molar-refractivity contribution is 6.45. The topological polar surface area (TPSA) is 94.9 Å². The monoisotopic (exact) mass is 472 g/mol. The van der Waals surface area contributed by atoms with E-state index in [-0.39, 0.29) is 23.2 Å². The van der Waals surface area contributed by atoms with Crippen molar-refractivity contribution in [1.29, 1.82) is 0 Å². The van der Waals surface area contributed by atoms with Crippen LogP contribution < -0.4 is 14.8 Å². The Morgan fingerprint density at radius 1 is 1.15 bits per heavy atom. The van der Waals surface area contributed by atoms with Gasteiger partial charge in [0.1, 0.15) is 24.9 Å². The number of nitrogens with one attached hydrogen (secondary N) is 1. The number of rotatable bonds is 8. The second-order valence-electron chi connectivity index (χ2n) is 6.71. The number of para-hydroxylation sites is 1. The standard InChI is InChI=1S/C23H22ClFN4O4/c1-5-14-8-6-9-15(19(29-31-4)21(30)26-3)20(14)33-23-18(25)22(27-12-28-23)32-17-11-7-10-16(24)13(17)2/h6-12H,5H2,1-4H3,(H,26,30). The van der Waals surface area contributed by atoms with Crippen LogP contribution in [0, 0.1) is 12.7 Å². The molecular formula is C23H22ClFN4O4. The van der Waals surface area contributed by atoms with Crippen molar-refractivity contribution in [3.8, 4) is 23.3 Å². The van der Waals surface area contributed by atoms with Crippen LogP contribution in [-0.2, 0) is 16.1 Å². The van der Waals surface area contributed by atoms with Crippen LogP contribution in [0.1, 0.15) is 23.6 Å². The number of halogens is 2. The van der Waals surface area contributed by atoms with E-state index < -0.39 is 11.7 Å². The molecule has 8 nitrogen and oxygen atoms in total. The molecule has 0 saturated heterocycles. The van der Waals surface area contributed by atoms with Crippen molar-refractivity contribution in [1.82, 2.24) is 15.3 Å². The van der Waals surface area contributed by atoms with Gasteiger partial charge in [-0.05, 0) is 37.1 Å². The van der Waals surface area contributed by atoms with Gasteiger partial charge in [-0.2, -0.15) is 14.4 Å². The van der Waals surface area contributed by atoms with E-state index in [1.165, 1.54) is 14.2 Å². The highest BCUT2D eigenvalue weighted by atomic mass is 35.5. The maximum absolute atomic E-state index is 15.3. The lowest BCUT2D eigenvalue weighted by atomic mass is 10.0. The van der Waals surface area contributed by atoms with Crippen LogP contribution in [0.3, 0.4) is 0 Å². The molecule has 0 fully saturated rings. The molecular weight excluding hydrogens is 451 g/mol. The predicted molar refractivity (Wildman–Crippen MR) is 122 cm³/mol. The summed E-state index contributed by atoms with van der Waals surface area (Å²) in [4.78, 5) is 25.0. The molecule has 0 unspecified atom stereocenters. The van der Waals surface area contributed by atoms with Gasteiger partial charge in [0.25, 0.3) is 17.7 Å². The number of benzene rings is 2. The lowest BCUT2D eigenvalue weighted by Gasteiger charge is -2.16. The van der Waals surface area contributed by atoms with Crippen LogP contribution in [0.5, 0.6) is 23.3 Å². The summed E-state index contributed by atoms with van der Waals surface area (Å²) in [5.74, 6) is -1.58. The van der Waals surface area contributed by atoms with Gasteiger partial charge in [-0.3, -0.25) is 4.79 Å². The Hall–Kier alpha value is -3.72. The Morgan fingerprint density at radius 3 is 2.52 bits per heavy atom. The van der Waals surface area contributed by atoms with Gasteiger partial charge in [-0.25, -0.2) is 0 Å². The zero-order valence-electron chi connectivity index (χ0n) is 18.5. The van der Waals surface area contributed by atoms with E-state index in [1.807, 2.05) is 6.92 Å². The normalized spacial score (nSPS) is 11.2. The van der Waals surface area contributed by atoms with E-state index in [2.05, 4.69) is 20.4 Å². The number of ether oxygens (including phenoxy) is 2. The molecule has 1 N–H and O–H groups in total. The summed E-state index contributed by atoms with van der Waals surface area (Å²) in [6, 6.07) is 10.2. The summed E-state index contributed by atoms with van der Waals surface area (Å²) < 4.78 is 26.8. The van der Waals surface area contributed by atoms with Gasteiger partial charge in [0.05, 0.1) is 5.56 Å². The first-order chi connectivity index (χ1) is 15.9. The smallest absolute Gasteiger partial charge is 0.273 e. The first kappa shape index (κ1) is 23.9. The number of amides is 1. The number of carbonyl (C=O) groups excluding carboxylic acids is 1. The van der Waals surface area contributed by atoms with Crippen molar-refractivity contribution in [2.24, 2.45) is 5.16 Å². The fraction of sp³-hybridized carbons (Fsp3) is 0.217. The molecule has 1 amide bonds. The second-order valence-corrected chi connectivity index (χ2v) is 7.12. The molecule has 172 valence electrons. The number of hydrogen-bond donors (Lipinski definition) is 1. The number of aromatic nitrogens is 2. The average Bonchev–Trinajstić information content (AvgIpc) is 2.82. The molecule has 0 aliphatic rings. The van der Waals surface area contributed by atoms with Crippen molar-refractivity contribution in [2.45, 2.75) is 20.3 Å². The zero-order valence-corrected chi connectivity index (χ0v) is 19.2. The van der Waals surface area contributed by atoms with Gasteiger partial charge >= 0.3 is 0 Å². The van der Waals surface area contributed by atoms with Crippen LogP contribution >= 0.6 is 11.6 Å². The molecule has 1 heterocycles. The minimum atomic E-state index is -0.918. The van der Waals surface area contributed by atoms with Crippen LogP contribution in [0.25, 0.3) is 0 Å². The van der Waals surface area contributed by atoms with E-state index in [0.29, 0.717) is 33.9 Å². The van der Waals surface area contributed by atoms with Crippen molar-refractivity contribution < 1.29 is 23.5 Å². The predicted octanol–water partition coefficient (Wildman–Crippen LogP) is 4.82. The first-order valence-electron chi connectivity index (χ1n) is 9.98. The third-order valence-electron chi connectivity index (χ3n) is 4.71. The summed E-state index contributed by atoms with van der Waals surface area (Å²) in [5.41, 5.74) is 1.60. The molecule has 1 aromatic heterocycles. The van der Waals surface area contributed by atoms with Crippen LogP contribution in [-0.4, -0.2) is 35.7 Å². The highest BCUT2D eigenvalue weighted by Crippen LogP contribution is 2.35. The van der Waals surface area contributed by atoms with Crippen molar-refractivity contribution >= 4 is 23.2 Å². The van der Waals surface area contributed by atoms with Crippen LogP contribution in [0.15, 0.2) is 47.9 Å². The highest BCUT2D eigenvalue weighted by Gasteiger charge is 2.24. The maximum atomic E-state index is 15.3. The van der Waals surface area contributed by atoms with Crippen molar-refractivity contribution in [3.63, 3.8) is 0 Å². The number of carbonyl (C=O) groups is 1. The molecule has 0 spiro atoms. The minimum Gasteiger partial charge on any atom is -0.436 e. The molecule has 0 aliphatic heterocycles. The number of hydrogen-bond acceptors (Lipinski definition) is 7. The van der Waals surface area contributed by atoms with Crippen LogP contribution in [0.2, 0.25) is 5.02 Å². The summed E-state index contributed by atoms with van der Waals surface area (Å²) >= 11 is 6.12. The van der Waals surface area contributed by atoms with Gasteiger partial charge in [0.15, 0.2) is 5.71 Å². The van der Waals surface area contributed by atoms with Crippen molar-refractivity contribution in [3.05, 3.63) is 70.3 Å². The van der Waals surface area contributed by atoms with E-state index in [0.717, 1.165) is 6.33 Å². The SMILES string of the molecule is CCc1cccc(C(=NOC)C(=O)NC)c1Oc1ncnc(Oc2cccc(Cl)c2C)c1F. The molecule has 0 atom stereocenters. The molecule has 0 radical (unpaired) electrons. The summed E-state index contributed by atoms with van der Waals surface area (Å²) in [5, 5.41) is 6.79. The number of aryl methyl sites for hydroxylation is 1. The summed E-state index contributed by atoms with van der Waals surface area (Å²) in [7, 11) is 2.78. The zero-order chi connectivity index (χ0) is 24.0. The Bertz CT molecular complexity index is 1200. The first-order valence-corrected chi connectivity index (χ1v) is 10.4. The molecule has 3 aromatic rings. The fourth-order valence-electron chi connectivity index (χ4n) is 2.97. The lowest BCUT2D eigenvalue weighted by Crippen LogP contribution is -2.29. The Labute approximate surface area is 195 Å². The molecule has 10 heteroatoms. The maximum Gasteiger partial charge on any atom is 0.273 e. The third kappa shape index (κ3) is 5.20. The fourth-order valence-corrected chi connectivity index (χ4v) is 3.14. The lowest BCUT2D eigenvalue weighted by molar-refractivity contribution is -0.114. The van der Waals surface area contributed by atoms with E-state index >= 15 is 4.39 Å². The van der Waals surface area contributed by atoms with Crippen LogP contribution in [0.4, 0.5) is 4.39 Å². The Morgan fingerprint density at radius 2 is 1.85 bits per heavy atom. The van der Waals surface area contributed by atoms with Gasteiger partial charge in [0.2, 0.25) is 5.82 Å². The Balaban J connectivity index is 2.05. The molecule has 0 aliphatic carbocycles. The minimum absolute atomic E-state index is 0.0363. The molecule has 0 saturated carbocycles. The van der Waals surface area contributed by atoms with Crippen molar-refractivity contribution in [2.75, 3.05) is 14.2 Å². The van der Waals surface area contributed by atoms with Gasteiger partial charge in [0, 0.05) is 17.6 Å². The third-order valence-corrected chi connectivity index (χ3v) is 5.12. The quantitative estimate of drug-likeness (QED) is 0.373. The van der Waals surface area contributed by atoms with Gasteiger partial charge in [-0.1, -0.05) is 41.9 Å².